The summed E-state index contributed by atoms with van der Waals surface area (Å²) in [6, 6.07) is 9.13. The minimum absolute atomic E-state index is 0.105. The largest absolute Gasteiger partial charge is 0.490 e. The van der Waals surface area contributed by atoms with Crippen molar-refractivity contribution in [3.63, 3.8) is 0 Å². The van der Waals surface area contributed by atoms with E-state index in [0.29, 0.717) is 31.2 Å². The van der Waals surface area contributed by atoms with Crippen molar-refractivity contribution in [1.29, 1.82) is 0 Å². The van der Waals surface area contributed by atoms with Crippen molar-refractivity contribution >= 4 is 17.4 Å². The number of benzene rings is 1. The summed E-state index contributed by atoms with van der Waals surface area (Å²) in [6.45, 7) is 3.53. The number of ether oxygens (including phenoxy) is 1. The van der Waals surface area contributed by atoms with Gasteiger partial charge in [0.2, 0.25) is 0 Å². The second-order valence-corrected chi connectivity index (χ2v) is 4.54. The molecule has 0 spiro atoms. The first-order valence-corrected chi connectivity index (χ1v) is 6.57. The van der Waals surface area contributed by atoms with Crippen LogP contribution in [-0.2, 0) is 6.54 Å². The van der Waals surface area contributed by atoms with Crippen molar-refractivity contribution in [3.8, 4) is 5.75 Å². The van der Waals surface area contributed by atoms with E-state index in [0.717, 1.165) is 11.4 Å². The summed E-state index contributed by atoms with van der Waals surface area (Å²) < 4.78 is 7.18. The molecule has 6 heteroatoms. The molecule has 0 aliphatic carbocycles. The Morgan fingerprint density at radius 3 is 3.05 bits per heavy atom. The van der Waals surface area contributed by atoms with Crippen molar-refractivity contribution < 1.29 is 9.53 Å². The lowest BCUT2D eigenvalue weighted by Gasteiger charge is -2.29. The molecule has 3 rings (SSSR count). The molecule has 104 valence electrons. The van der Waals surface area contributed by atoms with Crippen LogP contribution in [0.4, 0.5) is 11.5 Å². The van der Waals surface area contributed by atoms with Crippen LogP contribution in [0.5, 0.6) is 5.75 Å². The Hall–Kier alpha value is -2.50. The van der Waals surface area contributed by atoms with Crippen LogP contribution in [0.1, 0.15) is 17.4 Å². The molecule has 0 atom stereocenters. The third kappa shape index (κ3) is 1.99. The van der Waals surface area contributed by atoms with E-state index in [9.17, 15) is 4.79 Å². The zero-order valence-electron chi connectivity index (χ0n) is 11.2. The highest BCUT2D eigenvalue weighted by molar-refractivity contribution is 6.06. The van der Waals surface area contributed by atoms with Gasteiger partial charge in [-0.15, -0.1) is 0 Å². The maximum atomic E-state index is 12.7. The quantitative estimate of drug-likeness (QED) is 0.899. The number of hydrogen-bond acceptors (Lipinski definition) is 4. The standard InChI is InChI=1S/C14H16N4O2/c1-2-18-11(9-13(15)16-18)14(19)17-7-8-20-12-6-4-3-5-10(12)17/h3-6,9H,2,7-8H2,1H3,(H2,15,16). The van der Waals surface area contributed by atoms with Gasteiger partial charge in [-0.3, -0.25) is 9.48 Å². The van der Waals surface area contributed by atoms with Crippen LogP contribution in [-0.4, -0.2) is 28.8 Å². The maximum absolute atomic E-state index is 12.7. The Balaban J connectivity index is 1.99. The zero-order valence-corrected chi connectivity index (χ0v) is 11.2. The monoisotopic (exact) mass is 272 g/mol. The van der Waals surface area contributed by atoms with Crippen molar-refractivity contribution in [2.24, 2.45) is 0 Å². The first-order valence-electron chi connectivity index (χ1n) is 6.57. The number of nitrogens with zero attached hydrogens (tertiary/aromatic N) is 3. The molecule has 0 radical (unpaired) electrons. The number of aromatic nitrogens is 2. The Morgan fingerprint density at radius 1 is 1.45 bits per heavy atom. The number of anilines is 2. The first kappa shape index (κ1) is 12.5. The molecule has 0 saturated heterocycles. The zero-order chi connectivity index (χ0) is 14.1. The van der Waals surface area contributed by atoms with Gasteiger partial charge in [-0.05, 0) is 19.1 Å². The van der Waals surface area contributed by atoms with Crippen LogP contribution >= 0.6 is 0 Å². The van der Waals surface area contributed by atoms with E-state index in [1.54, 1.807) is 15.6 Å². The molecule has 1 aromatic heterocycles. The average Bonchev–Trinajstić information content (AvgIpc) is 2.87. The third-order valence-electron chi connectivity index (χ3n) is 3.29. The van der Waals surface area contributed by atoms with E-state index in [-0.39, 0.29) is 5.91 Å². The van der Waals surface area contributed by atoms with E-state index in [4.69, 9.17) is 10.5 Å². The summed E-state index contributed by atoms with van der Waals surface area (Å²) in [5.41, 5.74) is 6.97. The highest BCUT2D eigenvalue weighted by Gasteiger charge is 2.26. The van der Waals surface area contributed by atoms with Crippen LogP contribution in [0.2, 0.25) is 0 Å². The lowest BCUT2D eigenvalue weighted by molar-refractivity contribution is 0.0966. The lowest BCUT2D eigenvalue weighted by Crippen LogP contribution is -2.38. The molecule has 20 heavy (non-hydrogen) atoms. The third-order valence-corrected chi connectivity index (χ3v) is 3.29. The molecule has 6 nitrogen and oxygen atoms in total. The van der Waals surface area contributed by atoms with E-state index in [1.807, 2.05) is 31.2 Å². The van der Waals surface area contributed by atoms with Gasteiger partial charge in [0.1, 0.15) is 23.9 Å². The minimum Gasteiger partial charge on any atom is -0.490 e. The summed E-state index contributed by atoms with van der Waals surface area (Å²) in [5.74, 6) is 0.978. The number of carbonyl (C=O) groups excluding carboxylic acids is 1. The molecular formula is C14H16N4O2. The molecule has 1 aromatic carbocycles. The molecular weight excluding hydrogens is 256 g/mol. The summed E-state index contributed by atoms with van der Waals surface area (Å²) in [7, 11) is 0. The molecule has 0 unspecified atom stereocenters. The molecule has 2 N–H and O–H groups in total. The minimum atomic E-state index is -0.105. The molecule has 1 amide bonds. The number of nitrogen functional groups attached to an aromatic ring is 1. The van der Waals surface area contributed by atoms with Gasteiger partial charge < -0.3 is 15.4 Å². The second kappa shape index (κ2) is 4.88. The van der Waals surface area contributed by atoms with Crippen molar-refractivity contribution in [2.75, 3.05) is 23.8 Å². The number of fused-ring (bicyclic) bond motifs is 1. The smallest absolute Gasteiger partial charge is 0.276 e. The number of hydrogen-bond donors (Lipinski definition) is 1. The van der Waals surface area contributed by atoms with Gasteiger partial charge >= 0.3 is 0 Å². The van der Waals surface area contributed by atoms with Crippen LogP contribution in [0.15, 0.2) is 30.3 Å². The summed E-state index contributed by atoms with van der Waals surface area (Å²) in [4.78, 5) is 14.4. The fraction of sp³-hybridized carbons (Fsp3) is 0.286. The molecule has 1 aliphatic rings. The molecule has 1 aliphatic heterocycles. The average molecular weight is 272 g/mol. The van der Waals surface area contributed by atoms with Crippen molar-refractivity contribution in [2.45, 2.75) is 13.5 Å². The SMILES string of the molecule is CCn1nc(N)cc1C(=O)N1CCOc2ccccc21. The topological polar surface area (TPSA) is 73.4 Å². The lowest BCUT2D eigenvalue weighted by atomic mass is 10.2. The number of aryl methyl sites for hydroxylation is 1. The Labute approximate surface area is 116 Å². The summed E-state index contributed by atoms with van der Waals surface area (Å²) >= 11 is 0. The molecule has 2 aromatic rings. The van der Waals surface area contributed by atoms with E-state index >= 15 is 0 Å². The highest BCUT2D eigenvalue weighted by Crippen LogP contribution is 2.32. The van der Waals surface area contributed by atoms with Crippen LogP contribution in [0, 0.1) is 0 Å². The van der Waals surface area contributed by atoms with Gasteiger partial charge in [0.15, 0.2) is 0 Å². The summed E-state index contributed by atoms with van der Waals surface area (Å²) in [5, 5.41) is 4.12. The van der Waals surface area contributed by atoms with Gasteiger partial charge in [-0.25, -0.2) is 0 Å². The van der Waals surface area contributed by atoms with E-state index < -0.39 is 0 Å². The Kier molecular flexibility index (Phi) is 3.06. The number of nitrogens with two attached hydrogens (primary N) is 1. The molecule has 0 fully saturated rings. The Morgan fingerprint density at radius 2 is 2.25 bits per heavy atom. The number of para-hydroxylation sites is 2. The fourth-order valence-electron chi connectivity index (χ4n) is 2.37. The van der Waals surface area contributed by atoms with Crippen LogP contribution in [0.3, 0.4) is 0 Å². The first-order chi connectivity index (χ1) is 9.70. The summed E-state index contributed by atoms with van der Waals surface area (Å²) in [6.07, 6.45) is 0. The fourth-order valence-corrected chi connectivity index (χ4v) is 2.37. The van der Waals surface area contributed by atoms with E-state index in [2.05, 4.69) is 5.10 Å². The van der Waals surface area contributed by atoms with Gasteiger partial charge in [-0.1, -0.05) is 12.1 Å². The number of amides is 1. The maximum Gasteiger partial charge on any atom is 0.276 e. The van der Waals surface area contributed by atoms with Gasteiger partial charge in [0, 0.05) is 12.6 Å². The van der Waals surface area contributed by atoms with Crippen molar-refractivity contribution in [3.05, 3.63) is 36.0 Å². The second-order valence-electron chi connectivity index (χ2n) is 4.54. The van der Waals surface area contributed by atoms with Gasteiger partial charge in [0.05, 0.1) is 12.2 Å². The molecule has 0 saturated carbocycles. The number of rotatable bonds is 2. The molecule has 0 bridgehead atoms. The van der Waals surface area contributed by atoms with Gasteiger partial charge in [-0.2, -0.15) is 5.10 Å². The highest BCUT2D eigenvalue weighted by atomic mass is 16.5. The van der Waals surface area contributed by atoms with Gasteiger partial charge in [0.25, 0.3) is 5.91 Å². The van der Waals surface area contributed by atoms with Crippen LogP contribution < -0.4 is 15.4 Å². The van der Waals surface area contributed by atoms with Crippen LogP contribution in [0.25, 0.3) is 0 Å². The normalized spacial score (nSPS) is 13.8. The predicted octanol–water partition coefficient (Wildman–Crippen LogP) is 1.52. The predicted molar refractivity (Wildman–Crippen MR) is 75.9 cm³/mol. The van der Waals surface area contributed by atoms with E-state index in [1.165, 1.54) is 0 Å². The Bertz CT molecular complexity index is 650. The molecule has 2 heterocycles. The number of carbonyl (C=O) groups is 1. The van der Waals surface area contributed by atoms with Crippen molar-refractivity contribution in [1.82, 2.24) is 9.78 Å².